The highest BCUT2D eigenvalue weighted by molar-refractivity contribution is 6.09. The third-order valence-corrected chi connectivity index (χ3v) is 4.39. The Hall–Kier alpha value is -4.17. The topological polar surface area (TPSA) is 81.0 Å². The molecule has 0 aliphatic carbocycles. The maximum atomic E-state index is 12.8. The van der Waals surface area contributed by atoms with E-state index in [9.17, 15) is 4.79 Å². The Labute approximate surface area is 162 Å². The Morgan fingerprint density at radius 1 is 1.00 bits per heavy atom. The first kappa shape index (κ1) is 17.3. The average Bonchev–Trinajstić information content (AvgIpc) is 3.14. The summed E-state index contributed by atoms with van der Waals surface area (Å²) in [6.07, 6.45) is 1.52. The van der Waals surface area contributed by atoms with Gasteiger partial charge in [-0.15, -0.1) is 0 Å². The summed E-state index contributed by atoms with van der Waals surface area (Å²) in [5, 5.41) is 14.0. The van der Waals surface area contributed by atoms with Crippen molar-refractivity contribution in [1.82, 2.24) is 10.4 Å². The molecule has 0 bridgehead atoms. The van der Waals surface area contributed by atoms with E-state index in [1.165, 1.54) is 6.21 Å². The number of fused-ring (bicyclic) bond motifs is 1. The minimum atomic E-state index is -0.331. The molecule has 0 aliphatic heterocycles. The smallest absolute Gasteiger partial charge is 0.288 e. The predicted octanol–water partition coefficient (Wildman–Crippen LogP) is 4.47. The molecular weight excluding hydrogens is 348 g/mol. The third-order valence-electron chi connectivity index (χ3n) is 4.39. The van der Waals surface area contributed by atoms with Gasteiger partial charge < -0.3 is 4.98 Å². The number of carbonyl (C=O) groups excluding carboxylic acids is 1. The maximum Gasteiger partial charge on any atom is 0.288 e. The van der Waals surface area contributed by atoms with Gasteiger partial charge in [-0.05, 0) is 29.3 Å². The molecule has 134 valence electrons. The summed E-state index contributed by atoms with van der Waals surface area (Å²) in [4.78, 5) is 16.0. The number of rotatable bonds is 4. The number of benzene rings is 3. The Morgan fingerprint density at radius 3 is 2.61 bits per heavy atom. The largest absolute Gasteiger partial charge is 0.350 e. The normalized spacial score (nSPS) is 10.8. The monoisotopic (exact) mass is 364 g/mol. The summed E-state index contributed by atoms with van der Waals surface area (Å²) in [5.74, 6) is -0.331. The van der Waals surface area contributed by atoms with Crippen molar-refractivity contribution in [1.29, 1.82) is 5.26 Å². The number of hydrogen-bond donors (Lipinski definition) is 2. The zero-order valence-electron chi connectivity index (χ0n) is 14.9. The number of nitrogens with one attached hydrogen (secondary N) is 2. The lowest BCUT2D eigenvalue weighted by molar-refractivity contribution is 0.0951. The Balaban J connectivity index is 1.66. The van der Waals surface area contributed by atoms with Gasteiger partial charge in [0.1, 0.15) is 5.69 Å². The van der Waals surface area contributed by atoms with Crippen molar-refractivity contribution in [2.45, 2.75) is 0 Å². The molecule has 0 saturated carbocycles. The van der Waals surface area contributed by atoms with Crippen molar-refractivity contribution in [3.8, 4) is 17.2 Å². The van der Waals surface area contributed by atoms with E-state index in [2.05, 4.69) is 21.6 Å². The lowest BCUT2D eigenvalue weighted by atomic mass is 10.0. The highest BCUT2D eigenvalue weighted by Crippen LogP contribution is 2.32. The van der Waals surface area contributed by atoms with Gasteiger partial charge in [0.15, 0.2) is 0 Å². The third kappa shape index (κ3) is 3.39. The Kier molecular flexibility index (Phi) is 4.68. The van der Waals surface area contributed by atoms with Gasteiger partial charge in [-0.2, -0.15) is 10.4 Å². The number of carbonyl (C=O) groups is 1. The number of hydrazone groups is 1. The van der Waals surface area contributed by atoms with Gasteiger partial charge in [0, 0.05) is 16.5 Å². The van der Waals surface area contributed by atoms with Gasteiger partial charge in [-0.25, -0.2) is 5.43 Å². The van der Waals surface area contributed by atoms with Gasteiger partial charge in [0.2, 0.25) is 0 Å². The minimum Gasteiger partial charge on any atom is -0.350 e. The molecule has 2 N–H and O–H groups in total. The first-order chi connectivity index (χ1) is 13.8. The second-order valence-corrected chi connectivity index (χ2v) is 6.22. The van der Waals surface area contributed by atoms with Crippen LogP contribution in [0.3, 0.4) is 0 Å². The molecule has 0 radical (unpaired) electrons. The molecular formula is C23H16N4O. The van der Waals surface area contributed by atoms with Crippen LogP contribution in [0.5, 0.6) is 0 Å². The van der Waals surface area contributed by atoms with Crippen molar-refractivity contribution >= 4 is 23.0 Å². The molecule has 0 aliphatic rings. The molecule has 0 unspecified atom stereocenters. The molecule has 3 aromatic carbocycles. The molecule has 5 heteroatoms. The lowest BCUT2D eigenvalue weighted by Crippen LogP contribution is -2.18. The summed E-state index contributed by atoms with van der Waals surface area (Å²) in [6, 6.07) is 26.7. The molecule has 5 nitrogen and oxygen atoms in total. The Bertz CT molecular complexity index is 1220. The molecule has 4 aromatic rings. The number of amides is 1. The van der Waals surface area contributed by atoms with Crippen LogP contribution in [-0.2, 0) is 0 Å². The first-order valence-corrected chi connectivity index (χ1v) is 8.76. The molecule has 0 spiro atoms. The molecule has 0 atom stereocenters. The zero-order valence-corrected chi connectivity index (χ0v) is 14.9. The minimum absolute atomic E-state index is 0.331. The van der Waals surface area contributed by atoms with Crippen LogP contribution < -0.4 is 5.43 Å². The highest BCUT2D eigenvalue weighted by atomic mass is 16.2. The van der Waals surface area contributed by atoms with E-state index in [4.69, 9.17) is 5.26 Å². The van der Waals surface area contributed by atoms with E-state index < -0.39 is 0 Å². The number of hydrogen-bond acceptors (Lipinski definition) is 3. The SMILES string of the molecule is N#Cc1cccc(/C=N\NC(=O)c2[nH]c3ccccc3c2-c2ccccc2)c1. The van der Waals surface area contributed by atoms with Crippen molar-refractivity contribution in [2.24, 2.45) is 5.10 Å². The summed E-state index contributed by atoms with van der Waals surface area (Å²) >= 11 is 0. The maximum absolute atomic E-state index is 12.8. The van der Waals surface area contributed by atoms with Crippen molar-refractivity contribution < 1.29 is 4.79 Å². The van der Waals surface area contributed by atoms with Crippen LogP contribution in [0, 0.1) is 11.3 Å². The summed E-state index contributed by atoms with van der Waals surface area (Å²) in [6.45, 7) is 0. The van der Waals surface area contributed by atoms with E-state index >= 15 is 0 Å². The average molecular weight is 364 g/mol. The number of para-hydroxylation sites is 1. The molecule has 1 amide bonds. The second-order valence-electron chi connectivity index (χ2n) is 6.22. The fourth-order valence-electron chi connectivity index (χ4n) is 3.13. The molecule has 1 aromatic heterocycles. The predicted molar refractivity (Wildman–Crippen MR) is 110 cm³/mol. The van der Waals surface area contributed by atoms with Crippen molar-refractivity contribution in [3.05, 3.63) is 95.7 Å². The fourth-order valence-corrected chi connectivity index (χ4v) is 3.13. The van der Waals surface area contributed by atoms with E-state index in [-0.39, 0.29) is 5.91 Å². The van der Waals surface area contributed by atoms with Gasteiger partial charge >= 0.3 is 0 Å². The number of nitrogens with zero attached hydrogens (tertiary/aromatic N) is 2. The van der Waals surface area contributed by atoms with Crippen molar-refractivity contribution in [3.63, 3.8) is 0 Å². The number of nitriles is 1. The summed E-state index contributed by atoms with van der Waals surface area (Å²) < 4.78 is 0. The van der Waals surface area contributed by atoms with Gasteiger partial charge in [-0.3, -0.25) is 4.79 Å². The van der Waals surface area contributed by atoms with Crippen LogP contribution in [0.2, 0.25) is 0 Å². The second kappa shape index (κ2) is 7.60. The van der Waals surface area contributed by atoms with Crippen LogP contribution >= 0.6 is 0 Å². The van der Waals surface area contributed by atoms with Gasteiger partial charge in [0.25, 0.3) is 5.91 Å². The quantitative estimate of drug-likeness (QED) is 0.414. The number of aromatic nitrogens is 1. The molecule has 0 saturated heterocycles. The van der Waals surface area contributed by atoms with Crippen LogP contribution in [0.15, 0.2) is 84.0 Å². The fraction of sp³-hybridized carbons (Fsp3) is 0. The van der Waals surface area contributed by atoms with Gasteiger partial charge in [-0.1, -0.05) is 60.7 Å². The van der Waals surface area contributed by atoms with E-state index in [0.717, 1.165) is 27.6 Å². The first-order valence-electron chi connectivity index (χ1n) is 8.76. The van der Waals surface area contributed by atoms with Gasteiger partial charge in [0.05, 0.1) is 17.8 Å². The standard InChI is InChI=1S/C23H16N4O/c24-14-16-7-6-8-17(13-16)15-25-27-23(28)22-21(18-9-2-1-3-10-18)19-11-4-5-12-20(19)26-22/h1-13,15,26H,(H,27,28)/b25-15-. The molecule has 0 fully saturated rings. The molecule has 4 rings (SSSR count). The lowest BCUT2D eigenvalue weighted by Gasteiger charge is -2.04. The van der Waals surface area contributed by atoms with Crippen LogP contribution in [0.25, 0.3) is 22.0 Å². The van der Waals surface area contributed by atoms with Crippen LogP contribution in [0.4, 0.5) is 0 Å². The van der Waals surface area contributed by atoms with Crippen LogP contribution in [-0.4, -0.2) is 17.1 Å². The number of H-pyrrole nitrogens is 1. The van der Waals surface area contributed by atoms with Crippen molar-refractivity contribution in [2.75, 3.05) is 0 Å². The summed E-state index contributed by atoms with van der Waals surface area (Å²) in [7, 11) is 0. The van der Waals surface area contributed by atoms with Crippen LogP contribution in [0.1, 0.15) is 21.6 Å². The molecule has 28 heavy (non-hydrogen) atoms. The highest BCUT2D eigenvalue weighted by Gasteiger charge is 2.18. The number of aromatic amines is 1. The Morgan fingerprint density at radius 2 is 1.79 bits per heavy atom. The van der Waals surface area contributed by atoms with E-state index in [1.54, 1.807) is 18.2 Å². The van der Waals surface area contributed by atoms with E-state index in [0.29, 0.717) is 11.3 Å². The zero-order chi connectivity index (χ0) is 19.3. The molecule has 1 heterocycles. The van der Waals surface area contributed by atoms with E-state index in [1.807, 2.05) is 60.7 Å². The summed E-state index contributed by atoms with van der Waals surface area (Å²) in [5.41, 5.74) is 6.98.